The molecule has 0 unspecified atom stereocenters. The third kappa shape index (κ3) is 86.4. The van der Waals surface area contributed by atoms with Crippen molar-refractivity contribution in [3.05, 3.63) is 0 Å². The van der Waals surface area contributed by atoms with Gasteiger partial charge in [-0.05, 0) is 0 Å². The molecule has 46 valence electrons. The van der Waals surface area contributed by atoms with Gasteiger partial charge in [0.2, 0.25) is 0 Å². The maximum Gasteiger partial charge on any atom is 0.316 e. The zero-order chi connectivity index (χ0) is 4.50. The van der Waals surface area contributed by atoms with Crippen molar-refractivity contribution in [1.29, 1.82) is 0 Å². The van der Waals surface area contributed by atoms with Crippen LogP contribution in [0.4, 0.5) is 0 Å². The third-order valence-corrected chi connectivity index (χ3v) is 0. The maximum atomic E-state index is 8.74. The number of hydrogen-bond donors (Lipinski definition) is 2. The van der Waals surface area contributed by atoms with Gasteiger partial charge in [-0.3, -0.25) is 9.11 Å². The van der Waals surface area contributed by atoms with Crippen LogP contribution in [0.25, 0.3) is 0 Å². The molecule has 0 aliphatic rings. The predicted octanol–water partition coefficient (Wildman–Crippen LogP) is -3.04. The summed E-state index contributed by atoms with van der Waals surface area (Å²) >= 11 is 0. The van der Waals surface area contributed by atoms with Gasteiger partial charge in [-0.1, -0.05) is 0 Å². The van der Waals surface area contributed by atoms with Gasteiger partial charge >= 0.3 is 84.8 Å². The minimum absolute atomic E-state index is 0. The quantitative estimate of drug-likeness (QED) is 0.307. The van der Waals surface area contributed by atoms with Crippen LogP contribution in [0.2, 0.25) is 0 Å². The van der Waals surface area contributed by atoms with E-state index in [2.05, 4.69) is 0 Å². The van der Waals surface area contributed by atoms with Crippen molar-refractivity contribution in [2.24, 2.45) is 0 Å². The van der Waals surface area contributed by atoms with Crippen molar-refractivity contribution in [3.63, 3.8) is 0 Å². The molecule has 0 radical (unpaired) electrons. The summed E-state index contributed by atoms with van der Waals surface area (Å²) in [6.45, 7) is 0. The molecule has 5 nitrogen and oxygen atoms in total. The summed E-state index contributed by atoms with van der Waals surface area (Å²) in [5.41, 5.74) is 0. The van der Waals surface area contributed by atoms with Gasteiger partial charge in [-0.2, -0.15) is 8.42 Å². The molecular weight excluding hydrogens is 175 g/mol. The molecule has 0 atom stereocenters. The molecular formula is H7KMgO5S. The van der Waals surface area contributed by atoms with Crippen LogP contribution in [-0.4, -0.2) is 97.4 Å². The molecule has 0 saturated carbocycles. The SMILES string of the molecule is O.O=S(=O)(O)O.[KH].[MgH2]. The fourth-order valence-corrected chi connectivity index (χ4v) is 0. The van der Waals surface area contributed by atoms with E-state index in [1.807, 2.05) is 0 Å². The summed E-state index contributed by atoms with van der Waals surface area (Å²) in [5, 5.41) is 0. The van der Waals surface area contributed by atoms with Crippen LogP contribution < -0.4 is 0 Å². The summed E-state index contributed by atoms with van der Waals surface area (Å²) in [6, 6.07) is 0. The average molecular weight is 183 g/mol. The molecule has 0 rings (SSSR count). The fraction of sp³-hybridized carbons (Fsp3) is 0. The molecule has 0 bridgehead atoms. The Morgan fingerprint density at radius 2 is 1.12 bits per heavy atom. The Labute approximate surface area is 106 Å². The fourth-order valence-electron chi connectivity index (χ4n) is 0. The van der Waals surface area contributed by atoms with Crippen LogP contribution in [0, 0.1) is 0 Å². The molecule has 4 N–H and O–H groups in total. The Kier molecular flexibility index (Phi) is 25.9. The van der Waals surface area contributed by atoms with E-state index in [1.165, 1.54) is 0 Å². The summed E-state index contributed by atoms with van der Waals surface area (Å²) < 4.78 is 31.6. The molecule has 0 amide bonds. The smallest absolute Gasteiger partial charge is 0.316 e. The van der Waals surface area contributed by atoms with E-state index in [9.17, 15) is 0 Å². The van der Waals surface area contributed by atoms with E-state index in [-0.39, 0.29) is 79.9 Å². The van der Waals surface area contributed by atoms with E-state index in [0.29, 0.717) is 0 Å². The van der Waals surface area contributed by atoms with Crippen LogP contribution in [0.1, 0.15) is 0 Å². The van der Waals surface area contributed by atoms with Crippen LogP contribution in [0.5, 0.6) is 0 Å². The second-order valence-electron chi connectivity index (χ2n) is 0.448. The second-order valence-corrected chi connectivity index (χ2v) is 1.34. The Bertz CT molecular complexity index is 95.6. The molecule has 0 aromatic heterocycles. The minimum atomic E-state index is -4.67. The second kappa shape index (κ2) is 9.23. The summed E-state index contributed by atoms with van der Waals surface area (Å²) in [7, 11) is -4.67. The van der Waals surface area contributed by atoms with E-state index in [0.717, 1.165) is 0 Å². The largest absolute Gasteiger partial charge is 0.316 e. The van der Waals surface area contributed by atoms with Crippen molar-refractivity contribution in [2.45, 2.75) is 0 Å². The molecule has 0 spiro atoms. The van der Waals surface area contributed by atoms with E-state index in [4.69, 9.17) is 17.5 Å². The molecule has 0 heterocycles. The van der Waals surface area contributed by atoms with Crippen molar-refractivity contribution >= 4 is 84.8 Å². The molecule has 8 heavy (non-hydrogen) atoms. The topological polar surface area (TPSA) is 106 Å². The number of hydrogen-bond acceptors (Lipinski definition) is 2. The van der Waals surface area contributed by atoms with Gasteiger partial charge in [0.1, 0.15) is 0 Å². The maximum absolute atomic E-state index is 8.74. The van der Waals surface area contributed by atoms with E-state index in [1.54, 1.807) is 0 Å². The standard InChI is InChI=1S/K.Mg.H2O4S.H2O.3H/c;;1-5(2,3)4;;;;/h;;(H2,1,2,3,4);1H2;;;. The third-order valence-electron chi connectivity index (χ3n) is 0. The van der Waals surface area contributed by atoms with Crippen molar-refractivity contribution in [2.75, 3.05) is 0 Å². The zero-order valence-electron chi connectivity index (χ0n) is 2.62. The van der Waals surface area contributed by atoms with E-state index < -0.39 is 10.4 Å². The van der Waals surface area contributed by atoms with Gasteiger partial charge in [0.25, 0.3) is 0 Å². The molecule has 0 aromatic rings. The first-order chi connectivity index (χ1) is 2.00. The molecule has 0 aliphatic carbocycles. The molecule has 8 heteroatoms. The van der Waals surface area contributed by atoms with E-state index >= 15 is 0 Å². The van der Waals surface area contributed by atoms with Gasteiger partial charge < -0.3 is 5.48 Å². The number of rotatable bonds is 0. The molecule has 0 saturated heterocycles. The van der Waals surface area contributed by atoms with Gasteiger partial charge in [-0.25, -0.2) is 0 Å². The summed E-state index contributed by atoms with van der Waals surface area (Å²) in [5.74, 6) is 0. The minimum Gasteiger partial charge on any atom is 0.316 e. The van der Waals surface area contributed by atoms with Crippen molar-refractivity contribution in [1.82, 2.24) is 0 Å². The average Bonchev–Trinajstić information content (AvgIpc) is 0.722. The first kappa shape index (κ1) is 22.5. The zero-order valence-corrected chi connectivity index (χ0v) is 3.44. The van der Waals surface area contributed by atoms with Crippen LogP contribution in [-0.2, 0) is 10.4 Å². The van der Waals surface area contributed by atoms with Crippen LogP contribution in [0.3, 0.4) is 0 Å². The van der Waals surface area contributed by atoms with Gasteiger partial charge in [-0.15, -0.1) is 0 Å². The Morgan fingerprint density at radius 1 is 1.12 bits per heavy atom. The molecule has 0 aromatic carbocycles. The Hall–Kier alpha value is 2.23. The van der Waals surface area contributed by atoms with Crippen molar-refractivity contribution < 1.29 is 23.0 Å². The molecule has 0 aliphatic heterocycles. The Morgan fingerprint density at radius 3 is 1.12 bits per heavy atom. The molecule has 0 fully saturated rings. The van der Waals surface area contributed by atoms with Gasteiger partial charge in [0.15, 0.2) is 0 Å². The first-order valence-electron chi connectivity index (χ1n) is 0.698. The van der Waals surface area contributed by atoms with Crippen molar-refractivity contribution in [3.8, 4) is 0 Å². The van der Waals surface area contributed by atoms with Gasteiger partial charge in [0.05, 0.1) is 0 Å². The van der Waals surface area contributed by atoms with Crippen LogP contribution in [0.15, 0.2) is 0 Å². The monoisotopic (exact) mass is 182 g/mol. The van der Waals surface area contributed by atoms with Crippen LogP contribution >= 0.6 is 0 Å². The summed E-state index contributed by atoms with van der Waals surface area (Å²) in [4.78, 5) is 0. The van der Waals surface area contributed by atoms with Gasteiger partial charge in [0, 0.05) is 0 Å². The normalized spacial score (nSPS) is 7.25. The first-order valence-corrected chi connectivity index (χ1v) is 2.10. The predicted molar refractivity (Wildman–Crippen MR) is 33.5 cm³/mol. The Balaban J connectivity index is -0.0000000267. The summed E-state index contributed by atoms with van der Waals surface area (Å²) in [6.07, 6.45) is 0.